The number of para-hydroxylation sites is 1. The second kappa shape index (κ2) is 11.8. The lowest BCUT2D eigenvalue weighted by atomic mass is 10.2. The van der Waals surface area contributed by atoms with E-state index in [2.05, 4.69) is 40.3 Å². The first-order valence-electron chi connectivity index (χ1n) is 9.94. The van der Waals surface area contributed by atoms with Crippen molar-refractivity contribution in [3.05, 3.63) is 29.8 Å². The van der Waals surface area contributed by atoms with Crippen LogP contribution in [0.5, 0.6) is 5.75 Å². The standard InChI is InChI=1S/C20H35N5O/c1-4-21-20(22-11-12-25-15-13-24(5-2)14-16-25)23-17-18-9-7-8-10-19(18)26-6-3/h7-10H,4-6,11-17H2,1-3H3,(H2,21,22,23). The van der Waals surface area contributed by atoms with Crippen LogP contribution in [-0.4, -0.2) is 74.7 Å². The maximum atomic E-state index is 5.69. The van der Waals surface area contributed by atoms with E-state index < -0.39 is 0 Å². The van der Waals surface area contributed by atoms with E-state index in [1.54, 1.807) is 0 Å². The first kappa shape index (κ1) is 20.5. The van der Waals surface area contributed by atoms with E-state index in [-0.39, 0.29) is 0 Å². The lowest BCUT2D eigenvalue weighted by molar-refractivity contribution is 0.139. The molecular formula is C20H35N5O. The minimum Gasteiger partial charge on any atom is -0.494 e. The molecule has 0 aliphatic carbocycles. The molecule has 0 bridgehead atoms. The number of nitrogens with one attached hydrogen (secondary N) is 2. The monoisotopic (exact) mass is 361 g/mol. The van der Waals surface area contributed by atoms with E-state index in [1.165, 1.54) is 13.1 Å². The second-order valence-corrected chi connectivity index (χ2v) is 6.44. The molecule has 1 aliphatic heterocycles. The molecule has 0 spiro atoms. The molecule has 6 heteroatoms. The lowest BCUT2D eigenvalue weighted by Gasteiger charge is -2.34. The highest BCUT2D eigenvalue weighted by Gasteiger charge is 2.14. The molecule has 1 saturated heterocycles. The summed E-state index contributed by atoms with van der Waals surface area (Å²) in [6, 6.07) is 8.11. The zero-order chi connectivity index (χ0) is 18.6. The molecule has 0 aromatic heterocycles. The predicted molar refractivity (Wildman–Crippen MR) is 109 cm³/mol. The first-order chi connectivity index (χ1) is 12.8. The molecule has 2 rings (SSSR count). The van der Waals surface area contributed by atoms with Crippen molar-refractivity contribution in [3.63, 3.8) is 0 Å². The Labute approximate surface area is 158 Å². The largest absolute Gasteiger partial charge is 0.494 e. The first-order valence-corrected chi connectivity index (χ1v) is 9.94. The Morgan fingerprint density at radius 1 is 1.04 bits per heavy atom. The lowest BCUT2D eigenvalue weighted by Crippen LogP contribution is -2.49. The van der Waals surface area contributed by atoms with Crippen LogP contribution in [0.3, 0.4) is 0 Å². The van der Waals surface area contributed by atoms with Gasteiger partial charge in [0.05, 0.1) is 13.2 Å². The molecule has 146 valence electrons. The maximum absolute atomic E-state index is 5.69. The molecule has 1 heterocycles. The maximum Gasteiger partial charge on any atom is 0.191 e. The fraction of sp³-hybridized carbons (Fsp3) is 0.650. The van der Waals surface area contributed by atoms with E-state index in [0.717, 1.165) is 56.5 Å². The molecule has 0 saturated carbocycles. The minimum atomic E-state index is 0.612. The molecule has 2 N–H and O–H groups in total. The van der Waals surface area contributed by atoms with Gasteiger partial charge in [-0.1, -0.05) is 25.1 Å². The third kappa shape index (κ3) is 6.84. The molecule has 0 atom stereocenters. The Kier molecular flexibility index (Phi) is 9.28. The van der Waals surface area contributed by atoms with E-state index in [0.29, 0.717) is 13.2 Å². The zero-order valence-electron chi connectivity index (χ0n) is 16.6. The zero-order valence-corrected chi connectivity index (χ0v) is 16.6. The van der Waals surface area contributed by atoms with Crippen molar-refractivity contribution in [1.29, 1.82) is 0 Å². The van der Waals surface area contributed by atoms with Gasteiger partial charge in [0.2, 0.25) is 0 Å². The molecule has 1 aliphatic rings. The highest BCUT2D eigenvalue weighted by atomic mass is 16.5. The van der Waals surface area contributed by atoms with Crippen molar-refractivity contribution in [1.82, 2.24) is 20.4 Å². The van der Waals surface area contributed by atoms with Crippen LogP contribution in [0.1, 0.15) is 26.3 Å². The summed E-state index contributed by atoms with van der Waals surface area (Å²) >= 11 is 0. The number of aliphatic imine (C=N–C) groups is 1. The fourth-order valence-corrected chi connectivity index (χ4v) is 3.10. The average Bonchev–Trinajstić information content (AvgIpc) is 2.68. The smallest absolute Gasteiger partial charge is 0.191 e. The molecule has 26 heavy (non-hydrogen) atoms. The van der Waals surface area contributed by atoms with Gasteiger partial charge in [0.1, 0.15) is 5.75 Å². The molecule has 6 nitrogen and oxygen atoms in total. The summed E-state index contributed by atoms with van der Waals surface area (Å²) in [6.45, 7) is 16.3. The highest BCUT2D eigenvalue weighted by Crippen LogP contribution is 2.18. The van der Waals surface area contributed by atoms with Gasteiger partial charge in [0.25, 0.3) is 0 Å². The van der Waals surface area contributed by atoms with Crippen LogP contribution < -0.4 is 15.4 Å². The number of likely N-dealkylation sites (N-methyl/N-ethyl adjacent to an activating group) is 1. The van der Waals surface area contributed by atoms with Crippen LogP contribution in [-0.2, 0) is 6.54 Å². The summed E-state index contributed by atoms with van der Waals surface area (Å²) in [5.74, 6) is 1.79. The predicted octanol–water partition coefficient (Wildman–Crippen LogP) is 1.78. The van der Waals surface area contributed by atoms with Crippen LogP contribution in [0.2, 0.25) is 0 Å². The minimum absolute atomic E-state index is 0.612. The molecule has 1 aromatic rings. The number of guanidine groups is 1. The van der Waals surface area contributed by atoms with Gasteiger partial charge < -0.3 is 20.3 Å². The number of piperazine rings is 1. The Bertz CT molecular complexity index is 541. The Morgan fingerprint density at radius 3 is 2.46 bits per heavy atom. The highest BCUT2D eigenvalue weighted by molar-refractivity contribution is 5.79. The van der Waals surface area contributed by atoms with Crippen molar-refractivity contribution in [2.45, 2.75) is 27.3 Å². The summed E-state index contributed by atoms with van der Waals surface area (Å²) in [5.41, 5.74) is 1.11. The Balaban J connectivity index is 1.81. The third-order valence-corrected chi connectivity index (χ3v) is 4.66. The second-order valence-electron chi connectivity index (χ2n) is 6.44. The van der Waals surface area contributed by atoms with Gasteiger partial charge in [0.15, 0.2) is 5.96 Å². The van der Waals surface area contributed by atoms with E-state index in [1.807, 2.05) is 25.1 Å². The summed E-state index contributed by atoms with van der Waals surface area (Å²) in [7, 11) is 0. The van der Waals surface area contributed by atoms with Gasteiger partial charge >= 0.3 is 0 Å². The van der Waals surface area contributed by atoms with Crippen molar-refractivity contribution in [2.24, 2.45) is 4.99 Å². The number of hydrogen-bond acceptors (Lipinski definition) is 4. The van der Waals surface area contributed by atoms with E-state index in [9.17, 15) is 0 Å². The Hall–Kier alpha value is -1.79. The number of ether oxygens (including phenoxy) is 1. The quantitative estimate of drug-likeness (QED) is 0.519. The van der Waals surface area contributed by atoms with Crippen LogP contribution in [0.25, 0.3) is 0 Å². The molecule has 0 amide bonds. The molecule has 0 unspecified atom stereocenters. The molecule has 1 aromatic carbocycles. The fourth-order valence-electron chi connectivity index (χ4n) is 3.10. The number of rotatable bonds is 9. The summed E-state index contributed by atoms with van der Waals surface area (Å²) in [6.07, 6.45) is 0. The summed E-state index contributed by atoms with van der Waals surface area (Å²) < 4.78 is 5.69. The summed E-state index contributed by atoms with van der Waals surface area (Å²) in [5, 5.41) is 6.79. The van der Waals surface area contributed by atoms with Crippen LogP contribution >= 0.6 is 0 Å². The van der Waals surface area contributed by atoms with Crippen LogP contribution in [0.4, 0.5) is 0 Å². The molecule has 1 fully saturated rings. The third-order valence-electron chi connectivity index (χ3n) is 4.66. The van der Waals surface area contributed by atoms with Gasteiger partial charge in [-0.05, 0) is 26.5 Å². The molecular weight excluding hydrogens is 326 g/mol. The number of hydrogen-bond donors (Lipinski definition) is 2. The number of benzene rings is 1. The van der Waals surface area contributed by atoms with Crippen molar-refractivity contribution in [2.75, 3.05) is 59.0 Å². The average molecular weight is 362 g/mol. The normalized spacial score (nSPS) is 16.5. The van der Waals surface area contributed by atoms with Crippen LogP contribution in [0, 0.1) is 0 Å². The SMILES string of the molecule is CCNC(=NCc1ccccc1OCC)NCCN1CCN(CC)CC1. The Morgan fingerprint density at radius 2 is 1.77 bits per heavy atom. The van der Waals surface area contributed by atoms with Gasteiger partial charge in [-0.3, -0.25) is 4.90 Å². The van der Waals surface area contributed by atoms with Gasteiger partial charge in [0, 0.05) is 51.4 Å². The van der Waals surface area contributed by atoms with E-state index >= 15 is 0 Å². The number of nitrogens with zero attached hydrogens (tertiary/aromatic N) is 3. The van der Waals surface area contributed by atoms with Gasteiger partial charge in [-0.2, -0.15) is 0 Å². The van der Waals surface area contributed by atoms with Gasteiger partial charge in [-0.15, -0.1) is 0 Å². The molecule has 0 radical (unpaired) electrons. The van der Waals surface area contributed by atoms with Gasteiger partial charge in [-0.25, -0.2) is 4.99 Å². The van der Waals surface area contributed by atoms with Crippen molar-refractivity contribution in [3.8, 4) is 5.75 Å². The van der Waals surface area contributed by atoms with Crippen LogP contribution in [0.15, 0.2) is 29.3 Å². The topological polar surface area (TPSA) is 52.1 Å². The van der Waals surface area contributed by atoms with E-state index in [4.69, 9.17) is 9.73 Å². The van der Waals surface area contributed by atoms with Crippen molar-refractivity contribution < 1.29 is 4.74 Å². The summed E-state index contributed by atoms with van der Waals surface area (Å²) in [4.78, 5) is 9.75. The van der Waals surface area contributed by atoms with Crippen molar-refractivity contribution >= 4 is 5.96 Å².